The smallest absolute Gasteiger partial charge is 0.271 e. The third-order valence-electron chi connectivity index (χ3n) is 4.75. The molecule has 0 bridgehead atoms. The van der Waals surface area contributed by atoms with E-state index in [0.29, 0.717) is 17.3 Å². The van der Waals surface area contributed by atoms with E-state index in [9.17, 15) is 14.9 Å². The molecule has 0 saturated carbocycles. The Labute approximate surface area is 178 Å². The first-order valence-corrected chi connectivity index (χ1v) is 9.72. The van der Waals surface area contributed by atoms with Crippen molar-refractivity contribution in [3.05, 3.63) is 94.8 Å². The number of para-hydroxylation sites is 3. The number of hydrogen-bond donors (Lipinski definition) is 1. The van der Waals surface area contributed by atoms with Gasteiger partial charge in [0.15, 0.2) is 11.9 Å². The van der Waals surface area contributed by atoms with Crippen LogP contribution in [0.25, 0.3) is 11.0 Å². The monoisotopic (exact) mass is 416 g/mol. The Kier molecular flexibility index (Phi) is 5.61. The lowest BCUT2D eigenvalue weighted by Crippen LogP contribution is -2.22. The van der Waals surface area contributed by atoms with E-state index in [-0.39, 0.29) is 18.1 Å². The summed E-state index contributed by atoms with van der Waals surface area (Å²) in [6.07, 6.45) is -0.402. The minimum Gasteiger partial charge on any atom is -0.483 e. The Hall–Kier alpha value is -4.20. The number of nitrogens with one attached hydrogen (secondary N) is 1. The lowest BCUT2D eigenvalue weighted by Gasteiger charge is -2.16. The SMILES string of the molecule is C[C@H](Oc1ccccc1)c1nc2ccccc2n1CC(=O)Nc1cccc([N+](=O)[O-])c1. The van der Waals surface area contributed by atoms with Gasteiger partial charge in [0.05, 0.1) is 16.0 Å². The third kappa shape index (κ3) is 4.53. The zero-order valence-corrected chi connectivity index (χ0v) is 16.8. The van der Waals surface area contributed by atoms with Crippen LogP contribution in [-0.2, 0) is 11.3 Å². The highest BCUT2D eigenvalue weighted by Crippen LogP contribution is 2.25. The highest BCUT2D eigenvalue weighted by atomic mass is 16.6. The van der Waals surface area contributed by atoms with Crippen LogP contribution in [-0.4, -0.2) is 20.4 Å². The number of non-ortho nitro benzene ring substituents is 1. The average molecular weight is 416 g/mol. The summed E-state index contributed by atoms with van der Waals surface area (Å²) in [6, 6.07) is 22.8. The van der Waals surface area contributed by atoms with Crippen LogP contribution in [0.15, 0.2) is 78.9 Å². The predicted octanol–water partition coefficient (Wildman–Crippen LogP) is 4.72. The fourth-order valence-corrected chi connectivity index (χ4v) is 3.37. The van der Waals surface area contributed by atoms with Gasteiger partial charge in [-0.1, -0.05) is 36.4 Å². The molecule has 1 N–H and O–H groups in total. The van der Waals surface area contributed by atoms with Crippen molar-refractivity contribution in [1.29, 1.82) is 0 Å². The molecule has 31 heavy (non-hydrogen) atoms. The second-order valence-electron chi connectivity index (χ2n) is 6.97. The molecule has 0 saturated heterocycles. The van der Waals surface area contributed by atoms with Crippen LogP contribution in [0.2, 0.25) is 0 Å². The van der Waals surface area contributed by atoms with Crippen LogP contribution in [0, 0.1) is 10.1 Å². The van der Waals surface area contributed by atoms with Gasteiger partial charge in [-0.25, -0.2) is 4.98 Å². The van der Waals surface area contributed by atoms with Crippen molar-refractivity contribution < 1.29 is 14.5 Å². The molecule has 0 spiro atoms. The molecule has 3 aromatic carbocycles. The predicted molar refractivity (Wildman–Crippen MR) is 117 cm³/mol. The van der Waals surface area contributed by atoms with Gasteiger partial charge in [-0.05, 0) is 37.3 Å². The van der Waals surface area contributed by atoms with Crippen molar-refractivity contribution in [1.82, 2.24) is 9.55 Å². The van der Waals surface area contributed by atoms with E-state index in [2.05, 4.69) is 10.3 Å². The van der Waals surface area contributed by atoms with E-state index in [4.69, 9.17) is 4.74 Å². The van der Waals surface area contributed by atoms with Gasteiger partial charge in [0, 0.05) is 17.8 Å². The molecule has 0 fully saturated rings. The summed E-state index contributed by atoms with van der Waals surface area (Å²) in [7, 11) is 0. The van der Waals surface area contributed by atoms with Gasteiger partial charge in [0.25, 0.3) is 5.69 Å². The summed E-state index contributed by atoms with van der Waals surface area (Å²) >= 11 is 0. The molecule has 8 heteroatoms. The molecule has 1 heterocycles. The number of anilines is 1. The molecule has 1 amide bonds. The van der Waals surface area contributed by atoms with E-state index >= 15 is 0 Å². The number of benzene rings is 3. The lowest BCUT2D eigenvalue weighted by atomic mass is 10.2. The maximum absolute atomic E-state index is 12.8. The summed E-state index contributed by atoms with van der Waals surface area (Å²) in [4.78, 5) is 27.9. The first kappa shape index (κ1) is 20.1. The standard InChI is InChI=1S/C23H20N4O4/c1-16(31-19-10-3-2-4-11-19)23-25-20-12-5-6-13-21(20)26(23)15-22(28)24-17-8-7-9-18(14-17)27(29)30/h2-14,16H,15H2,1H3,(H,24,28)/t16-/m0/s1. The summed E-state index contributed by atoms with van der Waals surface area (Å²) < 4.78 is 7.82. The first-order chi connectivity index (χ1) is 15.0. The van der Waals surface area contributed by atoms with E-state index in [1.54, 1.807) is 10.6 Å². The number of imidazole rings is 1. The quantitative estimate of drug-likeness (QED) is 0.347. The number of amides is 1. The number of carbonyl (C=O) groups is 1. The molecule has 8 nitrogen and oxygen atoms in total. The van der Waals surface area contributed by atoms with Crippen LogP contribution >= 0.6 is 0 Å². The Morgan fingerprint density at radius 1 is 1.10 bits per heavy atom. The normalized spacial score (nSPS) is 11.8. The molecule has 156 valence electrons. The average Bonchev–Trinajstić information content (AvgIpc) is 3.13. The summed E-state index contributed by atoms with van der Waals surface area (Å²) in [6.45, 7) is 1.87. The Bertz CT molecular complexity index is 1240. The van der Waals surface area contributed by atoms with Crippen LogP contribution < -0.4 is 10.1 Å². The van der Waals surface area contributed by atoms with Crippen molar-refractivity contribution in [2.24, 2.45) is 0 Å². The van der Waals surface area contributed by atoms with Crippen molar-refractivity contribution in [2.75, 3.05) is 5.32 Å². The van der Waals surface area contributed by atoms with Crippen LogP contribution in [0.1, 0.15) is 18.9 Å². The van der Waals surface area contributed by atoms with Crippen LogP contribution in [0.4, 0.5) is 11.4 Å². The summed E-state index contributed by atoms with van der Waals surface area (Å²) in [5.74, 6) is 0.991. The minimum atomic E-state index is -0.500. The Morgan fingerprint density at radius 3 is 2.61 bits per heavy atom. The van der Waals surface area contributed by atoms with Gasteiger partial charge in [-0.3, -0.25) is 14.9 Å². The van der Waals surface area contributed by atoms with E-state index in [1.807, 2.05) is 61.5 Å². The van der Waals surface area contributed by atoms with Crippen molar-refractivity contribution >= 4 is 28.3 Å². The van der Waals surface area contributed by atoms with E-state index in [0.717, 1.165) is 11.0 Å². The summed E-state index contributed by atoms with van der Waals surface area (Å²) in [5.41, 5.74) is 1.83. The molecular weight excluding hydrogens is 396 g/mol. The second kappa shape index (κ2) is 8.66. The number of nitro benzene ring substituents is 1. The third-order valence-corrected chi connectivity index (χ3v) is 4.75. The maximum atomic E-state index is 12.8. The van der Waals surface area contributed by atoms with E-state index < -0.39 is 11.0 Å². The fraction of sp³-hybridized carbons (Fsp3) is 0.130. The summed E-state index contributed by atoms with van der Waals surface area (Å²) in [5, 5.41) is 13.7. The molecule has 0 aliphatic heterocycles. The number of fused-ring (bicyclic) bond motifs is 1. The minimum absolute atomic E-state index is 0.0129. The fourth-order valence-electron chi connectivity index (χ4n) is 3.37. The zero-order chi connectivity index (χ0) is 21.8. The number of hydrogen-bond acceptors (Lipinski definition) is 5. The number of ether oxygens (including phenoxy) is 1. The molecule has 1 aromatic heterocycles. The Morgan fingerprint density at radius 2 is 1.84 bits per heavy atom. The molecule has 0 unspecified atom stereocenters. The van der Waals surface area contributed by atoms with Gasteiger partial charge in [0.2, 0.25) is 5.91 Å². The highest BCUT2D eigenvalue weighted by molar-refractivity contribution is 5.92. The molecule has 1 atom stereocenters. The second-order valence-corrected chi connectivity index (χ2v) is 6.97. The largest absolute Gasteiger partial charge is 0.483 e. The zero-order valence-electron chi connectivity index (χ0n) is 16.8. The van der Waals surface area contributed by atoms with Crippen molar-refractivity contribution in [3.63, 3.8) is 0 Å². The molecule has 0 aliphatic carbocycles. The highest BCUT2D eigenvalue weighted by Gasteiger charge is 2.20. The lowest BCUT2D eigenvalue weighted by molar-refractivity contribution is -0.384. The van der Waals surface area contributed by atoms with Crippen molar-refractivity contribution in [2.45, 2.75) is 19.6 Å². The molecule has 0 aliphatic rings. The molecule has 4 aromatic rings. The van der Waals surface area contributed by atoms with Gasteiger partial charge >= 0.3 is 0 Å². The Balaban J connectivity index is 1.60. The number of nitro groups is 1. The number of aromatic nitrogens is 2. The van der Waals surface area contributed by atoms with Crippen LogP contribution in [0.5, 0.6) is 5.75 Å². The number of carbonyl (C=O) groups excluding carboxylic acids is 1. The topological polar surface area (TPSA) is 99.3 Å². The van der Waals surface area contributed by atoms with Gasteiger partial charge in [-0.2, -0.15) is 0 Å². The van der Waals surface area contributed by atoms with Crippen LogP contribution in [0.3, 0.4) is 0 Å². The maximum Gasteiger partial charge on any atom is 0.271 e. The van der Waals surface area contributed by atoms with Crippen molar-refractivity contribution in [3.8, 4) is 5.75 Å². The molecule has 4 rings (SSSR count). The van der Waals surface area contributed by atoms with Gasteiger partial charge < -0.3 is 14.6 Å². The molecular formula is C23H20N4O4. The number of nitrogens with zero attached hydrogens (tertiary/aromatic N) is 3. The first-order valence-electron chi connectivity index (χ1n) is 9.72. The van der Waals surface area contributed by atoms with E-state index in [1.165, 1.54) is 18.2 Å². The van der Waals surface area contributed by atoms with Gasteiger partial charge in [-0.15, -0.1) is 0 Å². The number of rotatable bonds is 7. The molecule has 0 radical (unpaired) electrons. The van der Waals surface area contributed by atoms with Gasteiger partial charge in [0.1, 0.15) is 12.3 Å².